The summed E-state index contributed by atoms with van der Waals surface area (Å²) < 4.78 is 17.8. The van der Waals surface area contributed by atoms with Gasteiger partial charge in [0.05, 0.1) is 24.1 Å². The van der Waals surface area contributed by atoms with E-state index in [1.807, 2.05) is 38.4 Å². The number of para-hydroxylation sites is 1. The van der Waals surface area contributed by atoms with Crippen LogP contribution in [0, 0.1) is 12.7 Å². The zero-order valence-corrected chi connectivity index (χ0v) is 17.2. The Kier molecular flexibility index (Phi) is 5.25. The number of rotatable bonds is 5. The Labute approximate surface area is 169 Å². The van der Waals surface area contributed by atoms with Gasteiger partial charge in [-0.25, -0.2) is 4.39 Å². The first-order chi connectivity index (χ1) is 14.0. The van der Waals surface area contributed by atoms with Gasteiger partial charge in [-0.15, -0.1) is 0 Å². The van der Waals surface area contributed by atoms with Crippen molar-refractivity contribution in [2.45, 2.75) is 39.8 Å². The largest absolute Gasteiger partial charge is 0.366 e. The molecule has 0 N–H and O–H groups in total. The van der Waals surface area contributed by atoms with E-state index in [1.54, 1.807) is 12.1 Å². The Morgan fingerprint density at radius 1 is 1.17 bits per heavy atom. The molecule has 4 rings (SSSR count). The number of amides is 1. The molecule has 29 heavy (non-hydrogen) atoms. The maximum Gasteiger partial charge on any atom is 0.224 e. The van der Waals surface area contributed by atoms with Crippen molar-refractivity contribution in [2.75, 3.05) is 31.1 Å². The van der Waals surface area contributed by atoms with Crippen LogP contribution in [0.5, 0.6) is 0 Å². The standard InChI is InChI=1S/C21H27FN6O/c1-15(2)28-19-14-23-27(21(19)16(3)24-28)9-8-20(29)26-12-10-25(11-13-26)18-7-5-4-6-17(18)22/h4-7,14-15H,8-13H2,1-3H3. The van der Waals surface area contributed by atoms with Crippen molar-refractivity contribution in [2.24, 2.45) is 0 Å². The van der Waals surface area contributed by atoms with E-state index in [-0.39, 0.29) is 17.8 Å². The van der Waals surface area contributed by atoms with E-state index in [2.05, 4.69) is 24.0 Å². The maximum absolute atomic E-state index is 14.0. The molecule has 0 saturated carbocycles. The fraction of sp³-hybridized carbons (Fsp3) is 0.476. The van der Waals surface area contributed by atoms with Crippen LogP contribution in [-0.2, 0) is 11.3 Å². The topological polar surface area (TPSA) is 59.2 Å². The normalized spacial score (nSPS) is 14.9. The molecule has 1 amide bonds. The first-order valence-electron chi connectivity index (χ1n) is 10.1. The molecule has 3 aromatic rings. The zero-order chi connectivity index (χ0) is 20.5. The summed E-state index contributed by atoms with van der Waals surface area (Å²) in [5.41, 5.74) is 3.53. The number of halogens is 1. The van der Waals surface area contributed by atoms with Crippen LogP contribution in [0.2, 0.25) is 0 Å². The van der Waals surface area contributed by atoms with Gasteiger partial charge in [0, 0.05) is 38.6 Å². The summed E-state index contributed by atoms with van der Waals surface area (Å²) in [5.74, 6) is -0.108. The summed E-state index contributed by atoms with van der Waals surface area (Å²) in [6.45, 7) is 9.17. The second-order valence-corrected chi connectivity index (χ2v) is 7.79. The van der Waals surface area contributed by atoms with Crippen molar-refractivity contribution in [1.82, 2.24) is 24.5 Å². The molecular weight excluding hydrogens is 371 g/mol. The van der Waals surface area contributed by atoms with Gasteiger partial charge >= 0.3 is 0 Å². The van der Waals surface area contributed by atoms with E-state index in [0.717, 1.165) is 16.7 Å². The minimum atomic E-state index is -0.215. The fourth-order valence-electron chi connectivity index (χ4n) is 4.01. The number of fused-ring (bicyclic) bond motifs is 1. The van der Waals surface area contributed by atoms with E-state index in [0.29, 0.717) is 44.8 Å². The summed E-state index contributed by atoms with van der Waals surface area (Å²) >= 11 is 0. The van der Waals surface area contributed by atoms with Crippen LogP contribution in [-0.4, -0.2) is 56.5 Å². The van der Waals surface area contributed by atoms with Crippen LogP contribution >= 0.6 is 0 Å². The minimum absolute atomic E-state index is 0.107. The second-order valence-electron chi connectivity index (χ2n) is 7.79. The monoisotopic (exact) mass is 398 g/mol. The van der Waals surface area contributed by atoms with Gasteiger partial charge in [-0.05, 0) is 32.9 Å². The van der Waals surface area contributed by atoms with Gasteiger partial charge in [0.15, 0.2) is 0 Å². The van der Waals surface area contributed by atoms with Crippen LogP contribution in [0.3, 0.4) is 0 Å². The number of piperazine rings is 1. The molecule has 2 aromatic heterocycles. The number of carbonyl (C=O) groups excluding carboxylic acids is 1. The molecule has 1 fully saturated rings. The Morgan fingerprint density at radius 3 is 2.59 bits per heavy atom. The quantitative estimate of drug-likeness (QED) is 0.663. The fourth-order valence-corrected chi connectivity index (χ4v) is 4.01. The summed E-state index contributed by atoms with van der Waals surface area (Å²) in [5, 5.41) is 9.07. The number of aromatic nitrogens is 4. The Hall–Kier alpha value is -2.90. The van der Waals surface area contributed by atoms with Crippen LogP contribution in [0.1, 0.15) is 32.0 Å². The van der Waals surface area contributed by atoms with Crippen LogP contribution < -0.4 is 4.90 Å². The smallest absolute Gasteiger partial charge is 0.224 e. The molecule has 3 heterocycles. The molecule has 1 aliphatic heterocycles. The molecule has 0 aliphatic carbocycles. The molecular formula is C21H27FN6O. The number of anilines is 1. The van der Waals surface area contributed by atoms with Crippen molar-refractivity contribution in [3.8, 4) is 0 Å². The number of benzene rings is 1. The Morgan fingerprint density at radius 2 is 1.90 bits per heavy atom. The molecule has 0 radical (unpaired) electrons. The highest BCUT2D eigenvalue weighted by molar-refractivity contribution is 5.79. The molecule has 154 valence electrons. The molecule has 1 saturated heterocycles. The highest BCUT2D eigenvalue weighted by Crippen LogP contribution is 2.22. The first kappa shape index (κ1) is 19.4. The van der Waals surface area contributed by atoms with Gasteiger partial charge in [-0.2, -0.15) is 10.2 Å². The third-order valence-corrected chi connectivity index (χ3v) is 5.52. The summed E-state index contributed by atoms with van der Waals surface area (Å²) in [7, 11) is 0. The minimum Gasteiger partial charge on any atom is -0.366 e. The number of nitrogens with zero attached hydrogens (tertiary/aromatic N) is 6. The lowest BCUT2D eigenvalue weighted by Gasteiger charge is -2.36. The number of hydrogen-bond acceptors (Lipinski definition) is 4. The first-order valence-corrected chi connectivity index (χ1v) is 10.1. The summed E-state index contributed by atoms with van der Waals surface area (Å²) in [6, 6.07) is 7.05. The van der Waals surface area contributed by atoms with Gasteiger partial charge in [-0.1, -0.05) is 12.1 Å². The molecule has 0 unspecified atom stereocenters. The molecule has 8 heteroatoms. The summed E-state index contributed by atoms with van der Waals surface area (Å²) in [6.07, 6.45) is 2.22. The van der Waals surface area contributed by atoms with Crippen molar-refractivity contribution in [3.63, 3.8) is 0 Å². The van der Waals surface area contributed by atoms with E-state index in [1.165, 1.54) is 6.07 Å². The van der Waals surface area contributed by atoms with Crippen molar-refractivity contribution < 1.29 is 9.18 Å². The average molecular weight is 398 g/mol. The lowest BCUT2D eigenvalue weighted by atomic mass is 10.2. The van der Waals surface area contributed by atoms with E-state index in [9.17, 15) is 9.18 Å². The van der Waals surface area contributed by atoms with Gasteiger partial charge in [0.25, 0.3) is 0 Å². The van der Waals surface area contributed by atoms with Crippen LogP contribution in [0.25, 0.3) is 11.0 Å². The highest BCUT2D eigenvalue weighted by Gasteiger charge is 2.23. The predicted octanol–water partition coefficient (Wildman–Crippen LogP) is 3.00. The van der Waals surface area contributed by atoms with Gasteiger partial charge in [0.2, 0.25) is 5.91 Å². The number of carbonyl (C=O) groups is 1. The van der Waals surface area contributed by atoms with E-state index >= 15 is 0 Å². The van der Waals surface area contributed by atoms with Crippen molar-refractivity contribution in [3.05, 3.63) is 42.0 Å². The molecule has 0 atom stereocenters. The lowest BCUT2D eigenvalue weighted by Crippen LogP contribution is -2.49. The molecule has 1 aliphatic rings. The lowest BCUT2D eigenvalue weighted by molar-refractivity contribution is -0.131. The molecule has 1 aromatic carbocycles. The second kappa shape index (κ2) is 7.85. The zero-order valence-electron chi connectivity index (χ0n) is 17.2. The van der Waals surface area contributed by atoms with E-state index in [4.69, 9.17) is 0 Å². The van der Waals surface area contributed by atoms with Crippen molar-refractivity contribution in [1.29, 1.82) is 0 Å². The van der Waals surface area contributed by atoms with Gasteiger partial charge < -0.3 is 9.80 Å². The molecule has 7 nitrogen and oxygen atoms in total. The molecule has 0 bridgehead atoms. The summed E-state index contributed by atoms with van der Waals surface area (Å²) in [4.78, 5) is 16.6. The van der Waals surface area contributed by atoms with Gasteiger partial charge in [0.1, 0.15) is 16.9 Å². The van der Waals surface area contributed by atoms with E-state index < -0.39 is 0 Å². The predicted molar refractivity (Wildman–Crippen MR) is 110 cm³/mol. The maximum atomic E-state index is 14.0. The van der Waals surface area contributed by atoms with Crippen LogP contribution in [0.15, 0.2) is 30.5 Å². The SMILES string of the molecule is Cc1nn(C(C)C)c2cnn(CCC(=O)N3CCN(c4ccccc4F)CC3)c12. The highest BCUT2D eigenvalue weighted by atomic mass is 19.1. The third kappa shape index (κ3) is 3.71. The number of hydrogen-bond donors (Lipinski definition) is 0. The van der Waals surface area contributed by atoms with Gasteiger partial charge in [-0.3, -0.25) is 14.2 Å². The van der Waals surface area contributed by atoms with Crippen molar-refractivity contribution >= 4 is 22.6 Å². The van der Waals surface area contributed by atoms with Crippen LogP contribution in [0.4, 0.5) is 10.1 Å². The Balaban J connectivity index is 1.36. The number of aryl methyl sites for hydroxylation is 2. The molecule has 0 spiro atoms. The average Bonchev–Trinajstić information content (AvgIpc) is 3.28. The third-order valence-electron chi connectivity index (χ3n) is 5.52. The Bertz CT molecular complexity index is 1020.